The third-order valence-electron chi connectivity index (χ3n) is 5.42. The third-order valence-corrected chi connectivity index (χ3v) is 6.08. The zero-order chi connectivity index (χ0) is 28.9. The second kappa shape index (κ2) is 21.1. The summed E-state index contributed by atoms with van der Waals surface area (Å²) in [5.41, 5.74) is 5.28. The maximum Gasteiger partial charge on any atom is 0.244 e. The van der Waals surface area contributed by atoms with Crippen LogP contribution in [0.2, 0.25) is 0 Å². The third kappa shape index (κ3) is 16.8. The molecule has 218 valence electrons. The molecule has 38 heavy (non-hydrogen) atoms. The highest BCUT2D eigenvalue weighted by molar-refractivity contribution is 7.98. The molecule has 3 atom stereocenters. The van der Waals surface area contributed by atoms with Gasteiger partial charge in [0.15, 0.2) is 5.96 Å². The van der Waals surface area contributed by atoms with E-state index in [1.807, 2.05) is 6.92 Å². The number of nitrogens with two attached hydrogens (primary N) is 1. The number of unbranched alkanes of at least 4 members (excludes halogenated alkanes) is 1. The lowest BCUT2D eigenvalue weighted by Gasteiger charge is -2.25. The van der Waals surface area contributed by atoms with Crippen molar-refractivity contribution in [3.05, 3.63) is 0 Å². The van der Waals surface area contributed by atoms with Gasteiger partial charge in [-0.15, -0.1) is 0 Å². The molecule has 0 radical (unpaired) electrons. The smallest absolute Gasteiger partial charge is 0.244 e. The number of Topliss-reactive ketones (excluding diaryl/α,β-unsaturated/α-hetero) is 1. The fourth-order valence-corrected chi connectivity index (χ4v) is 3.94. The summed E-state index contributed by atoms with van der Waals surface area (Å²) in [5.74, 6) is -2.00. The minimum Gasteiger partial charge on any atom is -0.370 e. The number of guanidine groups is 1. The molecule has 14 heteroatoms. The Morgan fingerprint density at radius 3 is 2.00 bits per heavy atom. The van der Waals surface area contributed by atoms with Crippen molar-refractivity contribution < 1.29 is 24.0 Å². The fraction of sp³-hybridized carbons (Fsp3) is 0.750. The van der Waals surface area contributed by atoms with Crippen LogP contribution in [0.3, 0.4) is 0 Å². The van der Waals surface area contributed by atoms with Crippen molar-refractivity contribution in [2.75, 3.05) is 38.2 Å². The van der Waals surface area contributed by atoms with Crippen LogP contribution in [-0.2, 0) is 24.0 Å². The van der Waals surface area contributed by atoms with Crippen molar-refractivity contribution in [1.82, 2.24) is 31.9 Å². The fourth-order valence-electron chi connectivity index (χ4n) is 3.37. The lowest BCUT2D eigenvalue weighted by Crippen LogP contribution is -2.57. The normalized spacial score (nSPS) is 12.9. The van der Waals surface area contributed by atoms with Gasteiger partial charge in [0.2, 0.25) is 23.6 Å². The average Bonchev–Trinajstić information content (AvgIpc) is 2.87. The van der Waals surface area contributed by atoms with Crippen molar-refractivity contribution in [2.45, 2.75) is 77.4 Å². The highest BCUT2D eigenvalue weighted by Gasteiger charge is 2.29. The molecule has 0 aromatic rings. The summed E-state index contributed by atoms with van der Waals surface area (Å²) >= 11 is 1.35. The molecule has 9 N–H and O–H groups in total. The van der Waals surface area contributed by atoms with Crippen LogP contribution < -0.4 is 37.6 Å². The van der Waals surface area contributed by atoms with Gasteiger partial charge in [0.1, 0.15) is 23.9 Å². The zero-order valence-corrected chi connectivity index (χ0v) is 23.9. The highest BCUT2D eigenvalue weighted by atomic mass is 32.2. The van der Waals surface area contributed by atoms with Crippen LogP contribution in [0.5, 0.6) is 0 Å². The molecule has 0 aliphatic carbocycles. The van der Waals surface area contributed by atoms with Gasteiger partial charge in [-0.2, -0.15) is 11.8 Å². The van der Waals surface area contributed by atoms with Gasteiger partial charge in [0.05, 0.1) is 6.54 Å². The standard InChI is InChI=1S/C24H46N8O5S/c1-5-20(34)30-18(10-7-8-12-27-6-2)22(36)32-19(15-38-4)23(37)31-17(11-9-13-28-24(25)26)21(35)29-14-16(3)33/h17-19,27H,5-15H2,1-4H3,(H,29,35)(H,30,34)(H,31,37)(H,32,36)(H4,25,26,28)/t17-,18-,19-/m0/s1. The molecule has 0 saturated carbocycles. The number of amides is 4. The molecule has 0 rings (SSSR count). The highest BCUT2D eigenvalue weighted by Crippen LogP contribution is 2.06. The molecule has 13 nitrogen and oxygen atoms in total. The minimum absolute atomic E-state index is 0.172. The number of ketones is 1. The van der Waals surface area contributed by atoms with E-state index < -0.39 is 35.8 Å². The predicted octanol–water partition coefficient (Wildman–Crippen LogP) is -1.04. The molecule has 0 unspecified atom stereocenters. The Morgan fingerprint density at radius 1 is 0.816 bits per heavy atom. The van der Waals surface area contributed by atoms with Gasteiger partial charge in [0.25, 0.3) is 0 Å². The summed E-state index contributed by atoms with van der Waals surface area (Å²) < 4.78 is 0. The quantitative estimate of drug-likeness (QED) is 0.0491. The van der Waals surface area contributed by atoms with Gasteiger partial charge in [-0.05, 0) is 58.4 Å². The Bertz CT molecular complexity index is 783. The molecular formula is C24H46N8O5S. The predicted molar refractivity (Wildman–Crippen MR) is 150 cm³/mol. The number of carbonyl (C=O) groups excluding carboxylic acids is 5. The zero-order valence-electron chi connectivity index (χ0n) is 23.0. The van der Waals surface area contributed by atoms with Gasteiger partial charge >= 0.3 is 0 Å². The molecule has 0 aliphatic heterocycles. The maximum absolute atomic E-state index is 13.1. The van der Waals surface area contributed by atoms with Crippen molar-refractivity contribution >= 4 is 47.1 Å². The van der Waals surface area contributed by atoms with Crippen LogP contribution in [-0.4, -0.2) is 91.7 Å². The molecule has 0 bridgehead atoms. The first-order valence-electron chi connectivity index (χ1n) is 13.0. The van der Waals surface area contributed by atoms with E-state index in [9.17, 15) is 24.0 Å². The van der Waals surface area contributed by atoms with E-state index >= 15 is 0 Å². The number of carbonyl (C=O) groups is 5. The van der Waals surface area contributed by atoms with Gasteiger partial charge in [-0.3, -0.25) is 29.4 Å². The number of rotatable bonds is 21. The van der Waals surface area contributed by atoms with Crippen LogP contribution in [0.1, 0.15) is 59.3 Å². The molecule has 0 fully saturated rings. The van der Waals surface area contributed by atoms with E-state index in [1.54, 1.807) is 13.2 Å². The van der Waals surface area contributed by atoms with E-state index in [0.717, 1.165) is 19.5 Å². The number of nitrogens with one attached hydrogen (secondary N) is 7. The number of hydrogen-bond donors (Lipinski definition) is 8. The van der Waals surface area contributed by atoms with E-state index in [0.29, 0.717) is 25.8 Å². The van der Waals surface area contributed by atoms with Crippen LogP contribution in [0, 0.1) is 5.41 Å². The second-order valence-electron chi connectivity index (χ2n) is 8.80. The Balaban J connectivity index is 5.39. The first kappa shape index (κ1) is 35.1. The van der Waals surface area contributed by atoms with Crippen LogP contribution in [0.4, 0.5) is 0 Å². The van der Waals surface area contributed by atoms with Crippen molar-refractivity contribution in [3.63, 3.8) is 0 Å². The van der Waals surface area contributed by atoms with Crippen LogP contribution in [0.15, 0.2) is 0 Å². The van der Waals surface area contributed by atoms with E-state index in [1.165, 1.54) is 18.7 Å². The summed E-state index contributed by atoms with van der Waals surface area (Å²) in [7, 11) is 0. The van der Waals surface area contributed by atoms with Crippen LogP contribution in [0.25, 0.3) is 0 Å². The van der Waals surface area contributed by atoms with E-state index in [2.05, 4.69) is 31.9 Å². The summed E-state index contributed by atoms with van der Waals surface area (Å²) in [6.45, 7) is 6.84. The van der Waals surface area contributed by atoms with Gasteiger partial charge in [-0.25, -0.2) is 0 Å². The van der Waals surface area contributed by atoms with E-state index in [4.69, 9.17) is 11.1 Å². The van der Waals surface area contributed by atoms with Crippen LogP contribution >= 0.6 is 11.8 Å². The summed E-state index contributed by atoms with van der Waals surface area (Å²) in [4.78, 5) is 62.2. The SMILES string of the molecule is CCNCCCC[C@H](NC(=O)CC)C(=O)N[C@@H](CSC)C(=O)N[C@@H](CCCNC(=N)N)C(=O)NCC(C)=O. The Hall–Kier alpha value is -2.87. The van der Waals surface area contributed by atoms with Gasteiger partial charge in [0, 0.05) is 18.7 Å². The Labute approximate surface area is 229 Å². The number of hydrogen-bond acceptors (Lipinski definition) is 8. The van der Waals surface area contributed by atoms with E-state index in [-0.39, 0.29) is 42.8 Å². The monoisotopic (exact) mass is 558 g/mol. The lowest BCUT2D eigenvalue weighted by molar-refractivity contribution is -0.133. The van der Waals surface area contributed by atoms with Crippen molar-refractivity contribution in [3.8, 4) is 0 Å². The molecule has 0 aromatic heterocycles. The molecule has 0 aliphatic rings. The first-order chi connectivity index (χ1) is 18.0. The van der Waals surface area contributed by atoms with Gasteiger partial charge < -0.3 is 37.6 Å². The molecule has 0 saturated heterocycles. The maximum atomic E-state index is 13.1. The average molecular weight is 559 g/mol. The first-order valence-corrected chi connectivity index (χ1v) is 14.4. The van der Waals surface area contributed by atoms with Gasteiger partial charge in [-0.1, -0.05) is 13.8 Å². The largest absolute Gasteiger partial charge is 0.370 e. The Morgan fingerprint density at radius 2 is 1.42 bits per heavy atom. The molecule has 0 heterocycles. The number of thioether (sulfide) groups is 1. The molecule has 0 aromatic carbocycles. The van der Waals surface area contributed by atoms with Crippen molar-refractivity contribution in [2.24, 2.45) is 5.73 Å². The molecular weight excluding hydrogens is 512 g/mol. The summed E-state index contributed by atoms with van der Waals surface area (Å²) in [5, 5.41) is 23.7. The Kier molecular flexibility index (Phi) is 19.5. The molecule has 4 amide bonds. The topological polar surface area (TPSA) is 207 Å². The lowest BCUT2D eigenvalue weighted by atomic mass is 10.1. The molecule has 0 spiro atoms. The minimum atomic E-state index is -0.960. The second-order valence-corrected chi connectivity index (χ2v) is 9.71. The van der Waals surface area contributed by atoms with Crippen molar-refractivity contribution in [1.29, 1.82) is 5.41 Å². The summed E-state index contributed by atoms with van der Waals surface area (Å²) in [6, 6.07) is -2.69. The summed E-state index contributed by atoms with van der Waals surface area (Å²) in [6.07, 6.45) is 4.62.